The quantitative estimate of drug-likeness (QED) is 0.590. The van der Waals surface area contributed by atoms with Crippen LogP contribution in [0.3, 0.4) is 0 Å². The molecule has 1 aliphatic carbocycles. The minimum Gasteiger partial charge on any atom is -0.303 e. The van der Waals surface area contributed by atoms with E-state index in [1.807, 2.05) is 13.8 Å². The van der Waals surface area contributed by atoms with E-state index in [-0.39, 0.29) is 13.5 Å². The van der Waals surface area contributed by atoms with E-state index in [0.29, 0.717) is 5.54 Å². The molecule has 2 nitrogen and oxygen atoms in total. The van der Waals surface area contributed by atoms with Crippen LogP contribution in [0.1, 0.15) is 26.7 Å². The first-order valence-electron chi connectivity index (χ1n) is 5.13. The number of hydrogen-bond donors (Lipinski definition) is 0. The van der Waals surface area contributed by atoms with Crippen LogP contribution in [0.4, 0.5) is 0 Å². The fourth-order valence-corrected chi connectivity index (χ4v) is 1.94. The van der Waals surface area contributed by atoms with Crippen LogP contribution in [0.5, 0.6) is 0 Å². The summed E-state index contributed by atoms with van der Waals surface area (Å²) >= 11 is 0. The zero-order chi connectivity index (χ0) is 9.19. The summed E-state index contributed by atoms with van der Waals surface area (Å²) in [6.45, 7) is 7.80. The van der Waals surface area contributed by atoms with Crippen LogP contribution < -0.4 is 0 Å². The van der Waals surface area contributed by atoms with Gasteiger partial charge in [0, 0.05) is 25.2 Å². The van der Waals surface area contributed by atoms with E-state index < -0.39 is 0 Å². The first-order chi connectivity index (χ1) is 5.73. The molecule has 3 heteroatoms. The topological polar surface area (TPSA) is 6.48 Å². The molecule has 13 heavy (non-hydrogen) atoms. The lowest BCUT2D eigenvalue weighted by atomic mass is 10.1. The van der Waals surface area contributed by atoms with Crippen molar-refractivity contribution in [2.45, 2.75) is 32.2 Å². The van der Waals surface area contributed by atoms with E-state index in [4.69, 9.17) is 0 Å². The molecule has 2 rings (SSSR count). The third-order valence-corrected chi connectivity index (χ3v) is 3.02. The lowest BCUT2D eigenvalue weighted by Gasteiger charge is -2.38. The Labute approximate surface area is 89.7 Å². The van der Waals surface area contributed by atoms with Crippen LogP contribution >= 0.6 is 13.5 Å². The van der Waals surface area contributed by atoms with Crippen LogP contribution in [0, 0.1) is 0 Å². The predicted molar refractivity (Wildman–Crippen MR) is 63.8 cm³/mol. The minimum absolute atomic E-state index is 0. The lowest BCUT2D eigenvalue weighted by Crippen LogP contribution is -2.51. The third-order valence-electron chi connectivity index (χ3n) is 3.02. The van der Waals surface area contributed by atoms with Gasteiger partial charge in [0.15, 0.2) is 0 Å². The molecule has 0 N–H and O–H groups in total. The summed E-state index contributed by atoms with van der Waals surface area (Å²) in [7, 11) is 4.49. The molecule has 0 amide bonds. The first kappa shape index (κ1) is 13.3. The Morgan fingerprint density at radius 2 is 1.54 bits per heavy atom. The average Bonchev–Trinajstić information content (AvgIpc) is 2.83. The highest BCUT2D eigenvalue weighted by Crippen LogP contribution is 2.42. The molecule has 0 radical (unpaired) electrons. The highest BCUT2D eigenvalue weighted by atomic mass is 32.1. The molecule has 0 bridgehead atoms. The first-order valence-corrected chi connectivity index (χ1v) is 5.13. The number of piperazine rings is 1. The molecule has 0 unspecified atom stereocenters. The van der Waals surface area contributed by atoms with Crippen molar-refractivity contribution in [1.82, 2.24) is 9.80 Å². The van der Waals surface area contributed by atoms with Gasteiger partial charge in [0.05, 0.1) is 0 Å². The van der Waals surface area contributed by atoms with E-state index in [2.05, 4.69) is 23.9 Å². The second kappa shape index (κ2) is 5.23. The van der Waals surface area contributed by atoms with Crippen LogP contribution in [0.25, 0.3) is 0 Å². The van der Waals surface area contributed by atoms with E-state index in [1.54, 1.807) is 0 Å². The monoisotopic (exact) mass is 204 g/mol. The maximum Gasteiger partial charge on any atom is 0.0335 e. The van der Waals surface area contributed by atoms with Crippen LogP contribution in [-0.4, -0.2) is 49.1 Å². The Morgan fingerprint density at radius 1 is 1.00 bits per heavy atom. The zero-order valence-electron chi connectivity index (χ0n) is 9.43. The summed E-state index contributed by atoms with van der Waals surface area (Å²) in [6.07, 6.45) is 2.85. The minimum atomic E-state index is 0. The highest BCUT2D eigenvalue weighted by Gasteiger charge is 2.48. The molecule has 1 heterocycles. The van der Waals surface area contributed by atoms with Gasteiger partial charge in [-0.05, 0) is 26.9 Å². The van der Waals surface area contributed by atoms with Crippen molar-refractivity contribution >= 4 is 13.5 Å². The number of rotatable bonds is 0. The standard InChI is InChI=1S/C8H16N2.C2H6.H2S/c1-9-5-6-10(2)8(7-9)3-4-8;1-2;/h3-7H2,1-2H3;1-2H3;1H2. The predicted octanol–water partition coefficient (Wildman–Crippen LogP) is 1.54. The fourth-order valence-electron chi connectivity index (χ4n) is 1.94. The SMILES string of the molecule is CC.CN1CCN(C)C2(CC2)C1.S. The molecule has 0 aromatic heterocycles. The van der Waals surface area contributed by atoms with Crippen molar-refractivity contribution in [2.75, 3.05) is 33.7 Å². The molecule has 0 atom stereocenters. The van der Waals surface area contributed by atoms with Crippen molar-refractivity contribution in [1.29, 1.82) is 0 Å². The van der Waals surface area contributed by atoms with E-state index in [0.717, 1.165) is 0 Å². The molecular formula is C10H24N2S. The average molecular weight is 204 g/mol. The molecule has 0 aromatic carbocycles. The lowest BCUT2D eigenvalue weighted by molar-refractivity contribution is 0.0983. The molecule has 1 aliphatic heterocycles. The molecule has 1 saturated heterocycles. The van der Waals surface area contributed by atoms with Gasteiger partial charge in [-0.15, -0.1) is 0 Å². The van der Waals surface area contributed by atoms with Gasteiger partial charge in [-0.1, -0.05) is 13.8 Å². The van der Waals surface area contributed by atoms with Gasteiger partial charge in [0.2, 0.25) is 0 Å². The third kappa shape index (κ3) is 2.86. The number of likely N-dealkylation sites (N-methyl/N-ethyl adjacent to an activating group) is 2. The summed E-state index contributed by atoms with van der Waals surface area (Å²) in [5.74, 6) is 0. The van der Waals surface area contributed by atoms with Gasteiger partial charge in [-0.3, -0.25) is 4.90 Å². The van der Waals surface area contributed by atoms with E-state index >= 15 is 0 Å². The fraction of sp³-hybridized carbons (Fsp3) is 1.00. The van der Waals surface area contributed by atoms with Gasteiger partial charge in [-0.25, -0.2) is 0 Å². The Bertz CT molecular complexity index is 146. The largest absolute Gasteiger partial charge is 0.303 e. The maximum absolute atomic E-state index is 2.53. The Balaban J connectivity index is 0.000000451. The highest BCUT2D eigenvalue weighted by molar-refractivity contribution is 7.59. The summed E-state index contributed by atoms with van der Waals surface area (Å²) < 4.78 is 0. The Kier molecular flexibility index (Phi) is 5.33. The van der Waals surface area contributed by atoms with Crippen molar-refractivity contribution in [3.05, 3.63) is 0 Å². The van der Waals surface area contributed by atoms with Gasteiger partial charge < -0.3 is 4.90 Å². The van der Waals surface area contributed by atoms with Gasteiger partial charge >= 0.3 is 0 Å². The number of nitrogens with zero attached hydrogens (tertiary/aromatic N) is 2. The van der Waals surface area contributed by atoms with Crippen LogP contribution in [-0.2, 0) is 0 Å². The van der Waals surface area contributed by atoms with Gasteiger partial charge in [0.1, 0.15) is 0 Å². The Morgan fingerprint density at radius 3 is 1.92 bits per heavy atom. The smallest absolute Gasteiger partial charge is 0.0335 e. The van der Waals surface area contributed by atoms with Crippen molar-refractivity contribution in [3.8, 4) is 0 Å². The molecular weight excluding hydrogens is 180 g/mol. The van der Waals surface area contributed by atoms with Crippen molar-refractivity contribution in [3.63, 3.8) is 0 Å². The summed E-state index contributed by atoms with van der Waals surface area (Å²) in [5.41, 5.74) is 0.618. The molecule has 80 valence electrons. The van der Waals surface area contributed by atoms with E-state index in [9.17, 15) is 0 Å². The summed E-state index contributed by atoms with van der Waals surface area (Å²) in [5, 5.41) is 0. The molecule has 2 aliphatic rings. The molecule has 0 aromatic rings. The van der Waals surface area contributed by atoms with Crippen LogP contribution in [0.15, 0.2) is 0 Å². The second-order valence-electron chi connectivity index (χ2n) is 3.88. The second-order valence-corrected chi connectivity index (χ2v) is 3.88. The summed E-state index contributed by atoms with van der Waals surface area (Å²) in [6, 6.07) is 0. The maximum atomic E-state index is 2.53. The van der Waals surface area contributed by atoms with Crippen molar-refractivity contribution in [2.24, 2.45) is 0 Å². The van der Waals surface area contributed by atoms with Gasteiger partial charge in [0.25, 0.3) is 0 Å². The normalized spacial score (nSPS) is 25.8. The van der Waals surface area contributed by atoms with Crippen molar-refractivity contribution < 1.29 is 0 Å². The molecule has 2 fully saturated rings. The summed E-state index contributed by atoms with van der Waals surface area (Å²) in [4.78, 5) is 4.99. The zero-order valence-corrected chi connectivity index (χ0v) is 10.4. The number of hydrogen-bond acceptors (Lipinski definition) is 2. The van der Waals surface area contributed by atoms with E-state index in [1.165, 1.54) is 32.5 Å². The molecule has 1 spiro atoms. The van der Waals surface area contributed by atoms with Crippen LogP contribution in [0.2, 0.25) is 0 Å². The van der Waals surface area contributed by atoms with Gasteiger partial charge in [-0.2, -0.15) is 13.5 Å². The molecule has 1 saturated carbocycles. The Hall–Kier alpha value is 0.270.